The Hall–Kier alpha value is -3.62. The van der Waals surface area contributed by atoms with Crippen molar-refractivity contribution in [1.82, 2.24) is 24.9 Å². The summed E-state index contributed by atoms with van der Waals surface area (Å²) in [5, 5.41) is 21.8. The van der Waals surface area contributed by atoms with Crippen LogP contribution in [0.1, 0.15) is 59.2 Å². The van der Waals surface area contributed by atoms with Crippen molar-refractivity contribution in [2.24, 2.45) is 13.0 Å². The first kappa shape index (κ1) is 25.6. The lowest BCUT2D eigenvalue weighted by molar-refractivity contribution is -0.137. The van der Waals surface area contributed by atoms with Crippen molar-refractivity contribution in [3.05, 3.63) is 87.6 Å². The third kappa shape index (κ3) is 4.94. The van der Waals surface area contributed by atoms with Gasteiger partial charge >= 0.3 is 5.97 Å². The largest absolute Gasteiger partial charge is 0.481 e. The molecule has 1 aliphatic heterocycles. The van der Waals surface area contributed by atoms with E-state index in [9.17, 15) is 9.90 Å². The number of aryl methyl sites for hydroxylation is 2. The maximum atomic E-state index is 12.1. The summed E-state index contributed by atoms with van der Waals surface area (Å²) >= 11 is 1.76. The van der Waals surface area contributed by atoms with Gasteiger partial charge in [0.05, 0.1) is 17.6 Å². The average Bonchev–Trinajstić information content (AvgIpc) is 3.50. The second-order valence-corrected chi connectivity index (χ2v) is 11.7. The van der Waals surface area contributed by atoms with Gasteiger partial charge in [0.15, 0.2) is 0 Å². The Balaban J connectivity index is 1.42. The molecule has 1 aliphatic rings. The topological polar surface area (TPSA) is 84.1 Å². The zero-order valence-electron chi connectivity index (χ0n) is 22.6. The smallest absolute Gasteiger partial charge is 0.304 e. The number of nitrogens with zero attached hydrogens (tertiary/aromatic N) is 5. The quantitative estimate of drug-likeness (QED) is 0.270. The van der Waals surface area contributed by atoms with Crippen LogP contribution >= 0.6 is 11.3 Å². The Morgan fingerprint density at radius 2 is 2.10 bits per heavy atom. The van der Waals surface area contributed by atoms with E-state index in [2.05, 4.69) is 57.8 Å². The van der Waals surface area contributed by atoms with Gasteiger partial charge in [-0.1, -0.05) is 36.8 Å². The van der Waals surface area contributed by atoms with Crippen LogP contribution in [0.2, 0.25) is 0 Å². The van der Waals surface area contributed by atoms with Gasteiger partial charge < -0.3 is 5.11 Å². The van der Waals surface area contributed by atoms with Crippen LogP contribution in [0.15, 0.2) is 54.0 Å². The van der Waals surface area contributed by atoms with Crippen LogP contribution < -0.4 is 0 Å². The summed E-state index contributed by atoms with van der Waals surface area (Å²) in [5.74, 6) is -0.517. The summed E-state index contributed by atoms with van der Waals surface area (Å²) in [7, 11) is 1.87. The fourth-order valence-corrected chi connectivity index (χ4v) is 7.05. The Labute approximate surface area is 232 Å². The van der Waals surface area contributed by atoms with Gasteiger partial charge in [-0.3, -0.25) is 14.7 Å². The van der Waals surface area contributed by atoms with E-state index in [0.29, 0.717) is 5.92 Å². The maximum Gasteiger partial charge on any atom is 0.304 e. The molecule has 2 aromatic carbocycles. The Morgan fingerprint density at radius 3 is 2.92 bits per heavy atom. The van der Waals surface area contributed by atoms with Gasteiger partial charge in [0.25, 0.3) is 0 Å². The number of hydrogen-bond donors (Lipinski definition) is 1. The van der Waals surface area contributed by atoms with Crippen molar-refractivity contribution in [3.63, 3.8) is 0 Å². The molecule has 0 spiro atoms. The molecule has 39 heavy (non-hydrogen) atoms. The summed E-state index contributed by atoms with van der Waals surface area (Å²) < 4.78 is 3.03. The molecule has 0 fully saturated rings. The maximum absolute atomic E-state index is 12.1. The monoisotopic (exact) mass is 539 g/mol. The fourth-order valence-electron chi connectivity index (χ4n) is 6.16. The number of thiophene rings is 1. The number of rotatable bonds is 7. The Kier molecular flexibility index (Phi) is 6.91. The molecule has 200 valence electrons. The predicted octanol–water partition coefficient (Wildman–Crippen LogP) is 6.08. The normalized spacial score (nSPS) is 16.8. The highest BCUT2D eigenvalue weighted by Gasteiger charge is 2.26. The van der Waals surface area contributed by atoms with Crippen molar-refractivity contribution < 1.29 is 9.90 Å². The van der Waals surface area contributed by atoms with Gasteiger partial charge in [0, 0.05) is 43.5 Å². The molecule has 6 rings (SSSR count). The number of aromatic nitrogens is 4. The number of carbonyl (C=O) groups is 1. The van der Waals surface area contributed by atoms with Crippen LogP contribution in [-0.4, -0.2) is 42.5 Å². The van der Waals surface area contributed by atoms with E-state index in [1.807, 2.05) is 32.3 Å². The van der Waals surface area contributed by atoms with Crippen molar-refractivity contribution >= 4 is 38.4 Å². The number of hydrogen-bond acceptors (Lipinski definition) is 6. The third-order valence-corrected chi connectivity index (χ3v) is 9.25. The van der Waals surface area contributed by atoms with Crippen LogP contribution in [0.4, 0.5) is 0 Å². The lowest BCUT2D eigenvalue weighted by atomic mass is 9.84. The lowest BCUT2D eigenvalue weighted by Crippen LogP contribution is -2.27. The van der Waals surface area contributed by atoms with Crippen molar-refractivity contribution in [2.45, 2.75) is 52.1 Å². The number of pyridine rings is 1. The molecule has 0 saturated carbocycles. The summed E-state index contributed by atoms with van der Waals surface area (Å²) in [6.45, 7) is 6.95. The van der Waals surface area contributed by atoms with Gasteiger partial charge in [-0.25, -0.2) is 4.68 Å². The molecule has 7 nitrogen and oxygen atoms in total. The van der Waals surface area contributed by atoms with E-state index in [4.69, 9.17) is 4.98 Å². The first-order valence-corrected chi connectivity index (χ1v) is 14.4. The first-order valence-electron chi connectivity index (χ1n) is 13.6. The number of aliphatic carboxylic acids is 1. The van der Waals surface area contributed by atoms with Gasteiger partial charge in [-0.15, -0.1) is 16.4 Å². The molecule has 0 bridgehead atoms. The second kappa shape index (κ2) is 10.5. The van der Waals surface area contributed by atoms with Crippen molar-refractivity contribution in [1.29, 1.82) is 0 Å². The minimum Gasteiger partial charge on any atom is -0.481 e. The van der Waals surface area contributed by atoms with Gasteiger partial charge in [0.1, 0.15) is 5.52 Å². The summed E-state index contributed by atoms with van der Waals surface area (Å²) in [4.78, 5) is 19.4. The van der Waals surface area contributed by atoms with E-state index in [-0.39, 0.29) is 12.3 Å². The Morgan fingerprint density at radius 1 is 1.23 bits per heavy atom. The lowest BCUT2D eigenvalue weighted by Gasteiger charge is -2.25. The van der Waals surface area contributed by atoms with E-state index in [1.165, 1.54) is 26.9 Å². The SMILES string of the molecule is CC[C@H]1Cc2cccnc2CN(Cc2cc([C@H](CC(=O)O)c3ccc4c(nnn4C)c3C)cc3ccsc23)C1. The van der Waals surface area contributed by atoms with E-state index < -0.39 is 5.97 Å². The van der Waals surface area contributed by atoms with Gasteiger partial charge in [0.2, 0.25) is 0 Å². The zero-order valence-corrected chi connectivity index (χ0v) is 23.4. The van der Waals surface area contributed by atoms with Crippen LogP contribution in [0.25, 0.3) is 21.1 Å². The first-order chi connectivity index (χ1) is 18.9. The molecule has 8 heteroatoms. The average molecular weight is 540 g/mol. The molecule has 5 aromatic rings. The minimum atomic E-state index is -0.813. The number of carboxylic acids is 1. The molecular weight excluding hydrogens is 506 g/mol. The summed E-state index contributed by atoms with van der Waals surface area (Å²) in [6.07, 6.45) is 4.11. The molecule has 0 amide bonds. The van der Waals surface area contributed by atoms with E-state index >= 15 is 0 Å². The standard InChI is InChI=1S/C31H33N5O2S/c1-4-20-12-21-6-5-10-32-27(21)18-36(16-20)17-24-14-23(13-22-9-11-39-31(22)24)26(15-29(37)38)25-7-8-28-30(19(25)2)33-34-35(28)3/h5-11,13-14,20,26H,4,12,15-18H2,1-3H3,(H,37,38)/t20-,26-/m0/s1. The highest BCUT2D eigenvalue weighted by molar-refractivity contribution is 7.17. The highest BCUT2D eigenvalue weighted by atomic mass is 32.1. The molecule has 2 atom stereocenters. The van der Waals surface area contributed by atoms with Gasteiger partial charge in [-0.2, -0.15) is 0 Å². The molecule has 1 N–H and O–H groups in total. The summed E-state index contributed by atoms with van der Waals surface area (Å²) in [6, 6.07) is 14.9. The number of benzene rings is 2. The van der Waals surface area contributed by atoms with E-state index in [1.54, 1.807) is 16.0 Å². The van der Waals surface area contributed by atoms with Crippen LogP contribution in [0, 0.1) is 12.8 Å². The molecule has 4 heterocycles. The van der Waals surface area contributed by atoms with Crippen LogP contribution in [0.3, 0.4) is 0 Å². The molecular formula is C31H33N5O2S. The zero-order chi connectivity index (χ0) is 27.1. The van der Waals surface area contributed by atoms with Crippen molar-refractivity contribution in [2.75, 3.05) is 6.54 Å². The fraction of sp³-hybridized carbons (Fsp3) is 0.355. The second-order valence-electron chi connectivity index (χ2n) is 10.8. The van der Waals surface area contributed by atoms with Crippen molar-refractivity contribution in [3.8, 4) is 0 Å². The molecule has 0 radical (unpaired) electrons. The molecule has 0 saturated heterocycles. The number of fused-ring (bicyclic) bond motifs is 3. The Bertz CT molecular complexity index is 1670. The minimum absolute atomic E-state index is 0.0145. The molecule has 0 unspecified atom stereocenters. The van der Waals surface area contributed by atoms with E-state index in [0.717, 1.165) is 60.2 Å². The van der Waals surface area contributed by atoms with Crippen LogP contribution in [0.5, 0.6) is 0 Å². The third-order valence-electron chi connectivity index (χ3n) is 8.24. The summed E-state index contributed by atoms with van der Waals surface area (Å²) in [5.41, 5.74) is 8.56. The predicted molar refractivity (Wildman–Crippen MR) is 155 cm³/mol. The number of carboxylic acid groups (broad SMARTS) is 1. The molecule has 0 aliphatic carbocycles. The van der Waals surface area contributed by atoms with Gasteiger partial charge in [-0.05, 0) is 82.1 Å². The highest BCUT2D eigenvalue weighted by Crippen LogP contribution is 2.38. The van der Waals surface area contributed by atoms with Crippen LogP contribution in [-0.2, 0) is 31.4 Å². The molecule has 3 aromatic heterocycles.